The summed E-state index contributed by atoms with van der Waals surface area (Å²) in [5.41, 5.74) is 0. The van der Waals surface area contributed by atoms with Gasteiger partial charge in [0.15, 0.2) is 0 Å². The molecule has 3 heteroatoms. The standard InChI is InChI=1S/C14H25N3/c1-12-6-3-7-14(13(12)2)15-8-4-10-17-11-5-9-16-17/h5,9,11-15H,3-4,6-8,10H2,1-2H3. The second kappa shape index (κ2) is 6.20. The number of hydrogen-bond donors (Lipinski definition) is 1. The van der Waals surface area contributed by atoms with Crippen LogP contribution in [-0.4, -0.2) is 22.4 Å². The van der Waals surface area contributed by atoms with E-state index in [2.05, 4.69) is 24.3 Å². The molecule has 0 bridgehead atoms. The third kappa shape index (κ3) is 3.56. The molecule has 0 saturated heterocycles. The highest BCUT2D eigenvalue weighted by Crippen LogP contribution is 2.29. The molecule has 96 valence electrons. The summed E-state index contributed by atoms with van der Waals surface area (Å²) in [6, 6.07) is 2.72. The maximum Gasteiger partial charge on any atom is 0.0489 e. The zero-order chi connectivity index (χ0) is 12.1. The van der Waals surface area contributed by atoms with E-state index in [9.17, 15) is 0 Å². The lowest BCUT2D eigenvalue weighted by atomic mass is 9.78. The van der Waals surface area contributed by atoms with E-state index in [1.54, 1.807) is 0 Å². The summed E-state index contributed by atoms with van der Waals surface area (Å²) >= 11 is 0. The molecular weight excluding hydrogens is 210 g/mol. The topological polar surface area (TPSA) is 29.9 Å². The molecule has 0 amide bonds. The predicted molar refractivity (Wildman–Crippen MR) is 70.8 cm³/mol. The van der Waals surface area contributed by atoms with Crippen LogP contribution in [0.1, 0.15) is 39.5 Å². The molecule has 1 aromatic heterocycles. The Morgan fingerprint density at radius 1 is 1.35 bits per heavy atom. The molecule has 3 nitrogen and oxygen atoms in total. The van der Waals surface area contributed by atoms with Gasteiger partial charge >= 0.3 is 0 Å². The average Bonchev–Trinajstić information content (AvgIpc) is 2.83. The van der Waals surface area contributed by atoms with Gasteiger partial charge in [0.25, 0.3) is 0 Å². The van der Waals surface area contributed by atoms with Gasteiger partial charge < -0.3 is 5.32 Å². The second-order valence-corrected chi connectivity index (χ2v) is 5.45. The van der Waals surface area contributed by atoms with Crippen LogP contribution in [0.4, 0.5) is 0 Å². The Balaban J connectivity index is 1.64. The van der Waals surface area contributed by atoms with Crippen molar-refractivity contribution in [2.75, 3.05) is 6.54 Å². The van der Waals surface area contributed by atoms with Crippen LogP contribution in [0.2, 0.25) is 0 Å². The average molecular weight is 235 g/mol. The zero-order valence-corrected chi connectivity index (χ0v) is 11.1. The third-order valence-electron chi connectivity index (χ3n) is 4.24. The highest BCUT2D eigenvalue weighted by atomic mass is 15.3. The quantitative estimate of drug-likeness (QED) is 0.795. The van der Waals surface area contributed by atoms with Crippen LogP contribution < -0.4 is 5.32 Å². The van der Waals surface area contributed by atoms with Gasteiger partial charge in [0.2, 0.25) is 0 Å². The second-order valence-electron chi connectivity index (χ2n) is 5.45. The summed E-state index contributed by atoms with van der Waals surface area (Å²) in [7, 11) is 0. The molecule has 1 heterocycles. The lowest BCUT2D eigenvalue weighted by Gasteiger charge is -2.34. The summed E-state index contributed by atoms with van der Waals surface area (Å²) < 4.78 is 2.01. The number of hydrogen-bond acceptors (Lipinski definition) is 2. The lowest BCUT2D eigenvalue weighted by Crippen LogP contribution is -2.41. The van der Waals surface area contributed by atoms with E-state index in [-0.39, 0.29) is 0 Å². The molecule has 1 saturated carbocycles. The highest BCUT2D eigenvalue weighted by molar-refractivity contribution is 4.82. The molecule has 1 N–H and O–H groups in total. The summed E-state index contributed by atoms with van der Waals surface area (Å²) in [4.78, 5) is 0. The number of aromatic nitrogens is 2. The Bertz CT molecular complexity index is 307. The molecule has 3 atom stereocenters. The molecule has 0 aromatic carbocycles. The summed E-state index contributed by atoms with van der Waals surface area (Å²) in [5.74, 6) is 1.71. The molecular formula is C14H25N3. The molecule has 3 unspecified atom stereocenters. The number of nitrogens with zero attached hydrogens (tertiary/aromatic N) is 2. The Hall–Kier alpha value is -0.830. The van der Waals surface area contributed by atoms with Crippen molar-refractivity contribution in [3.05, 3.63) is 18.5 Å². The van der Waals surface area contributed by atoms with Crippen LogP contribution in [0.15, 0.2) is 18.5 Å². The largest absolute Gasteiger partial charge is 0.314 e. The van der Waals surface area contributed by atoms with E-state index in [1.165, 1.54) is 25.7 Å². The van der Waals surface area contributed by atoms with Gasteiger partial charge in [-0.1, -0.05) is 26.7 Å². The van der Waals surface area contributed by atoms with E-state index < -0.39 is 0 Å². The summed E-state index contributed by atoms with van der Waals surface area (Å²) in [5, 5.41) is 7.94. The predicted octanol–water partition coefficient (Wildman–Crippen LogP) is 2.69. The SMILES string of the molecule is CC1CCCC(NCCCn2cccn2)C1C. The third-order valence-corrected chi connectivity index (χ3v) is 4.24. The molecule has 0 radical (unpaired) electrons. The zero-order valence-electron chi connectivity index (χ0n) is 11.1. The summed E-state index contributed by atoms with van der Waals surface area (Å²) in [6.45, 7) is 6.93. The van der Waals surface area contributed by atoms with E-state index in [0.29, 0.717) is 0 Å². The van der Waals surface area contributed by atoms with Crippen LogP contribution in [-0.2, 0) is 6.54 Å². The fourth-order valence-corrected chi connectivity index (χ4v) is 2.83. The Labute approximate surface area is 105 Å². The van der Waals surface area contributed by atoms with E-state index in [4.69, 9.17) is 0 Å². The van der Waals surface area contributed by atoms with E-state index in [1.807, 2.05) is 23.1 Å². The van der Waals surface area contributed by atoms with Crippen molar-refractivity contribution >= 4 is 0 Å². The maximum absolute atomic E-state index is 4.22. The molecule has 0 spiro atoms. The first-order valence-electron chi connectivity index (χ1n) is 6.98. The molecule has 2 rings (SSSR count). The number of nitrogens with one attached hydrogen (secondary N) is 1. The minimum absolute atomic E-state index is 0.733. The van der Waals surface area contributed by atoms with Crippen molar-refractivity contribution in [2.24, 2.45) is 11.8 Å². The van der Waals surface area contributed by atoms with E-state index in [0.717, 1.165) is 31.0 Å². The normalized spacial score (nSPS) is 29.4. The monoisotopic (exact) mass is 235 g/mol. The number of aryl methyl sites for hydroxylation is 1. The van der Waals surface area contributed by atoms with Gasteiger partial charge in [-0.25, -0.2) is 0 Å². The molecule has 0 aliphatic heterocycles. The molecule has 1 aromatic rings. The molecule has 1 fully saturated rings. The molecule has 1 aliphatic carbocycles. The van der Waals surface area contributed by atoms with Gasteiger partial charge in [0, 0.05) is 25.0 Å². The van der Waals surface area contributed by atoms with Gasteiger partial charge in [0.05, 0.1) is 0 Å². The van der Waals surface area contributed by atoms with Crippen LogP contribution in [0, 0.1) is 11.8 Å². The minimum Gasteiger partial charge on any atom is -0.314 e. The highest BCUT2D eigenvalue weighted by Gasteiger charge is 2.26. The molecule has 17 heavy (non-hydrogen) atoms. The lowest BCUT2D eigenvalue weighted by molar-refractivity contribution is 0.206. The first kappa shape index (κ1) is 12.6. The van der Waals surface area contributed by atoms with Crippen molar-refractivity contribution in [3.8, 4) is 0 Å². The van der Waals surface area contributed by atoms with Crippen molar-refractivity contribution in [2.45, 2.75) is 52.1 Å². The van der Waals surface area contributed by atoms with Crippen LogP contribution in [0.5, 0.6) is 0 Å². The van der Waals surface area contributed by atoms with Crippen LogP contribution >= 0.6 is 0 Å². The van der Waals surface area contributed by atoms with Gasteiger partial charge in [-0.15, -0.1) is 0 Å². The minimum atomic E-state index is 0.733. The van der Waals surface area contributed by atoms with Gasteiger partial charge in [-0.2, -0.15) is 5.10 Å². The smallest absolute Gasteiger partial charge is 0.0489 e. The Kier molecular flexibility index (Phi) is 4.60. The first-order chi connectivity index (χ1) is 8.27. The van der Waals surface area contributed by atoms with Crippen molar-refractivity contribution in [1.29, 1.82) is 0 Å². The van der Waals surface area contributed by atoms with Crippen LogP contribution in [0.3, 0.4) is 0 Å². The fourth-order valence-electron chi connectivity index (χ4n) is 2.83. The first-order valence-corrected chi connectivity index (χ1v) is 6.98. The van der Waals surface area contributed by atoms with Crippen molar-refractivity contribution in [1.82, 2.24) is 15.1 Å². The van der Waals surface area contributed by atoms with Crippen molar-refractivity contribution in [3.63, 3.8) is 0 Å². The van der Waals surface area contributed by atoms with Crippen molar-refractivity contribution < 1.29 is 0 Å². The maximum atomic E-state index is 4.22. The molecule has 1 aliphatic rings. The fraction of sp³-hybridized carbons (Fsp3) is 0.786. The Morgan fingerprint density at radius 2 is 2.24 bits per heavy atom. The van der Waals surface area contributed by atoms with Gasteiger partial charge in [-0.05, 0) is 37.3 Å². The van der Waals surface area contributed by atoms with Crippen LogP contribution in [0.25, 0.3) is 0 Å². The Morgan fingerprint density at radius 3 is 3.00 bits per heavy atom. The summed E-state index contributed by atoms with van der Waals surface area (Å²) in [6.07, 6.45) is 9.20. The van der Waals surface area contributed by atoms with Gasteiger partial charge in [-0.3, -0.25) is 4.68 Å². The number of rotatable bonds is 5. The van der Waals surface area contributed by atoms with Gasteiger partial charge in [0.1, 0.15) is 0 Å². The van der Waals surface area contributed by atoms with E-state index >= 15 is 0 Å².